The Morgan fingerprint density at radius 1 is 0.853 bits per heavy atom. The van der Waals surface area contributed by atoms with E-state index in [-0.39, 0.29) is 0 Å². The summed E-state index contributed by atoms with van der Waals surface area (Å²) in [4.78, 5) is 18.7. The van der Waals surface area contributed by atoms with Crippen LogP contribution in [0.3, 0.4) is 0 Å². The predicted octanol–water partition coefficient (Wildman–Crippen LogP) is 6.21. The molecule has 0 aliphatic carbocycles. The van der Waals surface area contributed by atoms with Crippen LogP contribution in [0.5, 0.6) is 0 Å². The van der Waals surface area contributed by atoms with Gasteiger partial charge in [-0.2, -0.15) is 0 Å². The number of rotatable bonds is 5. The van der Waals surface area contributed by atoms with Gasteiger partial charge in [-0.15, -0.1) is 22.7 Å². The highest BCUT2D eigenvalue weighted by molar-refractivity contribution is 7.27. The Bertz CT molecular complexity index is 1450. The van der Waals surface area contributed by atoms with Crippen molar-refractivity contribution in [1.82, 2.24) is 30.2 Å². The number of nitrogens with one attached hydrogen (secondary N) is 3. The fraction of sp³-hybridized carbons (Fsp3) is 0.308. The molecule has 34 heavy (non-hydrogen) atoms. The number of nitrogens with zero attached hydrogens (tertiary/aromatic N) is 3. The van der Waals surface area contributed by atoms with E-state index in [1.807, 2.05) is 35.1 Å². The van der Waals surface area contributed by atoms with Gasteiger partial charge in [0.25, 0.3) is 0 Å². The molecule has 0 bridgehead atoms. The van der Waals surface area contributed by atoms with Gasteiger partial charge >= 0.3 is 0 Å². The minimum Gasteiger partial charge on any atom is -0.341 e. The first-order chi connectivity index (χ1) is 16.7. The second kappa shape index (κ2) is 8.16. The summed E-state index contributed by atoms with van der Waals surface area (Å²) in [5.74, 6) is 2.13. The van der Waals surface area contributed by atoms with Crippen LogP contribution >= 0.6 is 22.7 Å². The summed E-state index contributed by atoms with van der Waals surface area (Å²) in [6, 6.07) is 9.64. The number of H-pyrrole nitrogens is 2. The highest BCUT2D eigenvalue weighted by atomic mass is 32.1. The molecule has 6 heterocycles. The Morgan fingerprint density at radius 2 is 1.56 bits per heavy atom. The van der Waals surface area contributed by atoms with E-state index in [1.54, 1.807) is 0 Å². The number of benzene rings is 1. The van der Waals surface area contributed by atoms with E-state index in [2.05, 4.69) is 72.2 Å². The van der Waals surface area contributed by atoms with Gasteiger partial charge in [0.15, 0.2) is 0 Å². The van der Waals surface area contributed by atoms with Crippen LogP contribution in [-0.4, -0.2) is 45.0 Å². The molecule has 0 radical (unpaired) electrons. The second-order valence-electron chi connectivity index (χ2n) is 9.33. The number of hydrogen-bond donors (Lipinski definition) is 3. The summed E-state index contributed by atoms with van der Waals surface area (Å²) in [7, 11) is 2.16. The van der Waals surface area contributed by atoms with Gasteiger partial charge in [-0.3, -0.25) is 4.90 Å². The van der Waals surface area contributed by atoms with Crippen LogP contribution in [0.25, 0.3) is 43.0 Å². The topological polar surface area (TPSA) is 72.6 Å². The van der Waals surface area contributed by atoms with Crippen LogP contribution in [0.2, 0.25) is 0 Å². The van der Waals surface area contributed by atoms with E-state index in [0.29, 0.717) is 12.1 Å². The van der Waals surface area contributed by atoms with Crippen molar-refractivity contribution in [3.8, 4) is 33.6 Å². The van der Waals surface area contributed by atoms with Crippen molar-refractivity contribution < 1.29 is 0 Å². The molecule has 2 atom stereocenters. The van der Waals surface area contributed by atoms with Gasteiger partial charge in [0.2, 0.25) is 0 Å². The van der Waals surface area contributed by atoms with E-state index in [0.717, 1.165) is 42.5 Å². The molecule has 2 fully saturated rings. The average Bonchev–Trinajstić information content (AvgIpc) is 3.65. The van der Waals surface area contributed by atoms with E-state index >= 15 is 0 Å². The lowest BCUT2D eigenvalue weighted by molar-refractivity contribution is 0.121. The summed E-state index contributed by atoms with van der Waals surface area (Å²) >= 11 is 3.64. The SMILES string of the molecule is CN1CCC1c1ncc(-c2csc3c(-c4ccc(-c5cnc(C6CCCN6)[nH]5)cc4)csc23)[nH]1. The molecule has 3 N–H and O–H groups in total. The van der Waals surface area contributed by atoms with Crippen LogP contribution in [-0.2, 0) is 0 Å². The molecule has 2 aliphatic heterocycles. The van der Waals surface area contributed by atoms with Gasteiger partial charge in [-0.25, -0.2) is 9.97 Å². The lowest BCUT2D eigenvalue weighted by Crippen LogP contribution is -2.37. The third kappa shape index (κ3) is 3.36. The van der Waals surface area contributed by atoms with Gasteiger partial charge < -0.3 is 15.3 Å². The van der Waals surface area contributed by atoms with Gasteiger partial charge in [0.1, 0.15) is 11.6 Å². The number of fused-ring (bicyclic) bond motifs is 1. The third-order valence-corrected chi connectivity index (χ3v) is 9.42. The third-order valence-electron chi connectivity index (χ3n) is 7.27. The molecule has 0 saturated carbocycles. The number of aromatic amines is 2. The molecule has 2 aliphatic rings. The van der Waals surface area contributed by atoms with Crippen molar-refractivity contribution in [3.63, 3.8) is 0 Å². The van der Waals surface area contributed by atoms with Crippen molar-refractivity contribution in [2.75, 3.05) is 20.1 Å². The first-order valence-corrected chi connectivity index (χ1v) is 13.6. The molecule has 2 saturated heterocycles. The summed E-state index contributed by atoms with van der Waals surface area (Å²) in [5.41, 5.74) is 7.20. The first-order valence-electron chi connectivity index (χ1n) is 11.9. The zero-order valence-electron chi connectivity index (χ0n) is 19.0. The van der Waals surface area contributed by atoms with Gasteiger partial charge in [0.05, 0.1) is 45.3 Å². The summed E-state index contributed by atoms with van der Waals surface area (Å²) in [6.45, 7) is 2.23. The van der Waals surface area contributed by atoms with Gasteiger partial charge in [-0.05, 0) is 44.0 Å². The molecule has 0 amide bonds. The molecule has 4 aromatic heterocycles. The smallest absolute Gasteiger partial charge is 0.123 e. The standard InChI is InChI=1S/C26H26N6S2/c1-32-10-8-22(32)26-29-12-21(31-26)18-14-34-23-17(13-33-24(18)23)15-4-6-16(7-5-15)20-11-28-25(30-20)19-3-2-9-27-19/h4-7,11-14,19,22,27H,2-3,8-10H2,1H3,(H,28,30)(H,29,31). The zero-order chi connectivity index (χ0) is 22.6. The highest BCUT2D eigenvalue weighted by Gasteiger charge is 2.28. The zero-order valence-corrected chi connectivity index (χ0v) is 20.6. The number of likely N-dealkylation sites (tertiary alicyclic amines) is 1. The molecule has 5 aromatic rings. The van der Waals surface area contributed by atoms with Crippen LogP contribution in [0.15, 0.2) is 47.4 Å². The van der Waals surface area contributed by atoms with E-state index < -0.39 is 0 Å². The molecule has 6 nitrogen and oxygen atoms in total. The van der Waals surface area contributed by atoms with Crippen molar-refractivity contribution in [2.24, 2.45) is 0 Å². The summed E-state index contributed by atoms with van der Waals surface area (Å²) in [5, 5.41) is 8.07. The monoisotopic (exact) mass is 486 g/mol. The Morgan fingerprint density at radius 3 is 2.29 bits per heavy atom. The van der Waals surface area contributed by atoms with Crippen molar-refractivity contribution in [3.05, 3.63) is 59.1 Å². The first kappa shape index (κ1) is 20.6. The molecule has 1 aromatic carbocycles. The van der Waals surface area contributed by atoms with Crippen molar-refractivity contribution in [2.45, 2.75) is 31.3 Å². The number of thiophene rings is 2. The maximum Gasteiger partial charge on any atom is 0.123 e. The highest BCUT2D eigenvalue weighted by Crippen LogP contribution is 2.44. The van der Waals surface area contributed by atoms with E-state index in [9.17, 15) is 0 Å². The average molecular weight is 487 g/mol. The minimum absolute atomic E-state index is 0.362. The Hall–Kier alpha value is -2.78. The molecule has 2 unspecified atom stereocenters. The van der Waals surface area contributed by atoms with Gasteiger partial charge in [-0.1, -0.05) is 24.3 Å². The number of imidazole rings is 2. The molecule has 7 rings (SSSR count). The van der Waals surface area contributed by atoms with Crippen LogP contribution in [0.4, 0.5) is 0 Å². The molecular weight excluding hydrogens is 460 g/mol. The van der Waals surface area contributed by atoms with Crippen LogP contribution < -0.4 is 5.32 Å². The van der Waals surface area contributed by atoms with Crippen LogP contribution in [0, 0.1) is 0 Å². The quantitative estimate of drug-likeness (QED) is 0.276. The predicted molar refractivity (Wildman–Crippen MR) is 140 cm³/mol. The molecule has 172 valence electrons. The second-order valence-corrected chi connectivity index (χ2v) is 11.1. The summed E-state index contributed by atoms with van der Waals surface area (Å²) < 4.78 is 2.68. The van der Waals surface area contributed by atoms with Crippen molar-refractivity contribution >= 4 is 32.1 Å². The lowest BCUT2D eigenvalue weighted by Gasteiger charge is -2.36. The maximum atomic E-state index is 4.68. The van der Waals surface area contributed by atoms with Gasteiger partial charge in [0, 0.05) is 28.4 Å². The normalized spacial score (nSPS) is 20.9. The Balaban J connectivity index is 1.15. The van der Waals surface area contributed by atoms with Crippen molar-refractivity contribution in [1.29, 1.82) is 0 Å². The Labute approximate surface area is 206 Å². The molecular formula is C26H26N6S2. The molecule has 8 heteroatoms. The lowest BCUT2D eigenvalue weighted by atomic mass is 10.0. The minimum atomic E-state index is 0.362. The van der Waals surface area contributed by atoms with E-state index in [4.69, 9.17) is 0 Å². The fourth-order valence-corrected chi connectivity index (χ4v) is 7.56. The van der Waals surface area contributed by atoms with E-state index in [1.165, 1.54) is 44.5 Å². The molecule has 0 spiro atoms. The van der Waals surface area contributed by atoms with Crippen LogP contribution in [0.1, 0.15) is 43.0 Å². The Kier molecular flexibility index (Phi) is 4.94. The number of aromatic nitrogens is 4. The number of hydrogen-bond acceptors (Lipinski definition) is 6. The maximum absolute atomic E-state index is 4.68. The summed E-state index contributed by atoms with van der Waals surface area (Å²) in [6.07, 6.45) is 7.50. The largest absolute Gasteiger partial charge is 0.341 e. The fourth-order valence-electron chi connectivity index (χ4n) is 5.12.